The molecule has 0 saturated heterocycles. The normalized spacial score (nSPS) is 12.1. The average molecular weight is 462 g/mol. The molecule has 0 aliphatic carbocycles. The van der Waals surface area contributed by atoms with Crippen LogP contribution in [0, 0.1) is 0 Å². The summed E-state index contributed by atoms with van der Waals surface area (Å²) >= 11 is 0. The Morgan fingerprint density at radius 1 is 0.970 bits per heavy atom. The molecule has 172 valence electrons. The SMILES string of the molecule is NC(=O)c1cc(OC(CO)C(N)=O)nc(-c2ccc(Oc3ccc(C(F)(F)F)cc3)cc2)n1. The third kappa shape index (κ3) is 5.95. The van der Waals surface area contributed by atoms with Crippen LogP contribution in [0.2, 0.25) is 0 Å². The number of benzene rings is 2. The van der Waals surface area contributed by atoms with E-state index in [0.29, 0.717) is 11.3 Å². The van der Waals surface area contributed by atoms with Gasteiger partial charge in [-0.15, -0.1) is 0 Å². The zero-order valence-electron chi connectivity index (χ0n) is 16.7. The Morgan fingerprint density at radius 2 is 1.55 bits per heavy atom. The number of ether oxygens (including phenoxy) is 2. The Morgan fingerprint density at radius 3 is 2.03 bits per heavy atom. The highest BCUT2D eigenvalue weighted by Gasteiger charge is 2.30. The number of aliphatic hydroxyl groups is 1. The number of amides is 2. The van der Waals surface area contributed by atoms with Gasteiger partial charge in [-0.1, -0.05) is 0 Å². The van der Waals surface area contributed by atoms with Crippen molar-refractivity contribution in [3.05, 3.63) is 65.9 Å². The van der Waals surface area contributed by atoms with Gasteiger partial charge in [0, 0.05) is 11.6 Å². The lowest BCUT2D eigenvalue weighted by Crippen LogP contribution is -2.37. The minimum absolute atomic E-state index is 0.0172. The zero-order chi connectivity index (χ0) is 24.2. The number of halogens is 3. The molecule has 1 unspecified atom stereocenters. The van der Waals surface area contributed by atoms with E-state index in [-0.39, 0.29) is 23.1 Å². The van der Waals surface area contributed by atoms with Gasteiger partial charge in [0.1, 0.15) is 17.2 Å². The van der Waals surface area contributed by atoms with Crippen LogP contribution in [-0.4, -0.2) is 39.6 Å². The Labute approximate surface area is 184 Å². The second-order valence-corrected chi connectivity index (χ2v) is 6.62. The van der Waals surface area contributed by atoms with Crippen molar-refractivity contribution in [3.63, 3.8) is 0 Å². The molecule has 33 heavy (non-hydrogen) atoms. The molecule has 1 heterocycles. The minimum Gasteiger partial charge on any atom is -0.462 e. The molecule has 9 nitrogen and oxygen atoms in total. The van der Waals surface area contributed by atoms with Crippen LogP contribution in [-0.2, 0) is 11.0 Å². The monoisotopic (exact) mass is 462 g/mol. The fourth-order valence-corrected chi connectivity index (χ4v) is 2.59. The lowest BCUT2D eigenvalue weighted by Gasteiger charge is -2.14. The second kappa shape index (κ2) is 9.53. The molecule has 1 atom stereocenters. The topological polar surface area (TPSA) is 151 Å². The number of alkyl halides is 3. The Balaban J connectivity index is 1.83. The number of aromatic nitrogens is 2. The standard InChI is InChI=1S/C21H17F3N4O5/c22-21(23,24)12-3-7-14(8-4-12)32-13-5-1-11(2-6-13)20-27-15(18(25)30)9-17(28-20)33-16(10-29)19(26)31/h1-9,16,29H,10H2,(H2,25,30)(H2,26,31). The van der Waals surface area contributed by atoms with E-state index in [2.05, 4.69) is 9.97 Å². The van der Waals surface area contributed by atoms with E-state index in [4.69, 9.17) is 20.9 Å². The molecule has 3 aromatic rings. The van der Waals surface area contributed by atoms with E-state index in [1.165, 1.54) is 36.4 Å². The summed E-state index contributed by atoms with van der Waals surface area (Å²) in [6.07, 6.45) is -5.84. The number of carbonyl (C=O) groups is 2. The van der Waals surface area contributed by atoms with Gasteiger partial charge in [-0.3, -0.25) is 9.59 Å². The Bertz CT molecular complexity index is 1150. The van der Waals surface area contributed by atoms with E-state index in [1.807, 2.05) is 0 Å². The predicted octanol–water partition coefficient (Wildman–Crippen LogP) is 2.28. The number of hydrogen-bond donors (Lipinski definition) is 3. The number of nitrogens with zero attached hydrogens (tertiary/aromatic N) is 2. The van der Waals surface area contributed by atoms with Crippen LogP contribution in [0.5, 0.6) is 17.4 Å². The van der Waals surface area contributed by atoms with Crippen LogP contribution < -0.4 is 20.9 Å². The van der Waals surface area contributed by atoms with Crippen molar-refractivity contribution in [1.29, 1.82) is 0 Å². The van der Waals surface area contributed by atoms with Gasteiger partial charge in [0.15, 0.2) is 5.82 Å². The molecule has 1 aromatic heterocycles. The smallest absolute Gasteiger partial charge is 0.416 e. The van der Waals surface area contributed by atoms with Crippen LogP contribution in [0.3, 0.4) is 0 Å². The lowest BCUT2D eigenvalue weighted by molar-refractivity contribution is -0.137. The molecule has 0 radical (unpaired) electrons. The first-order chi connectivity index (χ1) is 15.6. The number of aliphatic hydroxyl groups excluding tert-OH is 1. The van der Waals surface area contributed by atoms with Crippen molar-refractivity contribution in [3.8, 4) is 28.8 Å². The van der Waals surface area contributed by atoms with E-state index in [1.54, 1.807) is 0 Å². The van der Waals surface area contributed by atoms with Crippen LogP contribution in [0.4, 0.5) is 13.2 Å². The summed E-state index contributed by atoms with van der Waals surface area (Å²) in [5.74, 6) is -1.51. The molecule has 2 aromatic carbocycles. The maximum absolute atomic E-state index is 12.7. The molecular weight excluding hydrogens is 445 g/mol. The highest BCUT2D eigenvalue weighted by atomic mass is 19.4. The van der Waals surface area contributed by atoms with Crippen LogP contribution >= 0.6 is 0 Å². The molecule has 0 bridgehead atoms. The van der Waals surface area contributed by atoms with Gasteiger partial charge in [-0.05, 0) is 48.5 Å². The van der Waals surface area contributed by atoms with Gasteiger partial charge < -0.3 is 26.0 Å². The Hall–Kier alpha value is -4.19. The summed E-state index contributed by atoms with van der Waals surface area (Å²) in [4.78, 5) is 31.0. The first-order valence-electron chi connectivity index (χ1n) is 9.28. The highest BCUT2D eigenvalue weighted by molar-refractivity contribution is 5.91. The summed E-state index contributed by atoms with van der Waals surface area (Å²) in [6, 6.07) is 11.4. The van der Waals surface area contributed by atoms with Gasteiger partial charge in [0.25, 0.3) is 11.8 Å². The fourth-order valence-electron chi connectivity index (χ4n) is 2.59. The fraction of sp³-hybridized carbons (Fsp3) is 0.143. The number of carbonyl (C=O) groups excluding carboxylic acids is 2. The van der Waals surface area contributed by atoms with Gasteiger partial charge in [0.2, 0.25) is 12.0 Å². The maximum Gasteiger partial charge on any atom is 0.416 e. The summed E-state index contributed by atoms with van der Waals surface area (Å²) in [5, 5.41) is 9.20. The summed E-state index contributed by atoms with van der Waals surface area (Å²) in [7, 11) is 0. The molecule has 12 heteroatoms. The maximum atomic E-state index is 12.7. The average Bonchev–Trinajstić information content (AvgIpc) is 2.77. The molecule has 0 fully saturated rings. The first-order valence-corrected chi connectivity index (χ1v) is 9.28. The molecular formula is C21H17F3N4O5. The van der Waals surface area contributed by atoms with Crippen molar-refractivity contribution in [1.82, 2.24) is 9.97 Å². The predicted molar refractivity (Wildman–Crippen MR) is 108 cm³/mol. The highest BCUT2D eigenvalue weighted by Crippen LogP contribution is 2.32. The molecule has 2 amide bonds. The Kier molecular flexibility index (Phi) is 6.78. The molecule has 0 saturated carbocycles. The van der Waals surface area contributed by atoms with Crippen molar-refractivity contribution < 1.29 is 37.3 Å². The van der Waals surface area contributed by atoms with Gasteiger partial charge in [0.05, 0.1) is 12.2 Å². The molecule has 3 rings (SSSR count). The van der Waals surface area contributed by atoms with Crippen LogP contribution in [0.25, 0.3) is 11.4 Å². The van der Waals surface area contributed by atoms with Gasteiger partial charge in [-0.2, -0.15) is 18.2 Å². The summed E-state index contributed by atoms with van der Waals surface area (Å²) < 4.78 is 48.7. The van der Waals surface area contributed by atoms with Crippen molar-refractivity contribution in [2.45, 2.75) is 12.3 Å². The minimum atomic E-state index is -4.45. The van der Waals surface area contributed by atoms with Crippen molar-refractivity contribution in [2.75, 3.05) is 6.61 Å². The lowest BCUT2D eigenvalue weighted by atomic mass is 10.2. The largest absolute Gasteiger partial charge is 0.462 e. The number of nitrogens with two attached hydrogens (primary N) is 2. The number of primary amides is 2. The second-order valence-electron chi connectivity index (χ2n) is 6.62. The molecule has 0 aliphatic heterocycles. The van der Waals surface area contributed by atoms with Crippen molar-refractivity contribution in [2.24, 2.45) is 11.5 Å². The number of hydrogen-bond acceptors (Lipinski definition) is 7. The van der Waals surface area contributed by atoms with Gasteiger partial charge >= 0.3 is 6.18 Å². The van der Waals surface area contributed by atoms with Crippen LogP contribution in [0.1, 0.15) is 16.1 Å². The third-order valence-corrected chi connectivity index (χ3v) is 4.23. The molecule has 0 spiro atoms. The first kappa shape index (κ1) is 23.5. The van der Waals surface area contributed by atoms with Gasteiger partial charge in [-0.25, -0.2) is 4.98 Å². The summed E-state index contributed by atoms with van der Waals surface area (Å²) in [5.41, 5.74) is 9.81. The van der Waals surface area contributed by atoms with Crippen LogP contribution in [0.15, 0.2) is 54.6 Å². The van der Waals surface area contributed by atoms with E-state index >= 15 is 0 Å². The number of rotatable bonds is 8. The van der Waals surface area contributed by atoms with Crippen molar-refractivity contribution >= 4 is 11.8 Å². The molecule has 0 aliphatic rings. The third-order valence-electron chi connectivity index (χ3n) is 4.23. The van der Waals surface area contributed by atoms with E-state index in [0.717, 1.165) is 18.2 Å². The summed E-state index contributed by atoms with van der Waals surface area (Å²) in [6.45, 7) is -0.712. The van der Waals surface area contributed by atoms with E-state index < -0.39 is 36.3 Å². The molecule has 5 N–H and O–H groups in total. The zero-order valence-corrected chi connectivity index (χ0v) is 16.7. The quantitative estimate of drug-likeness (QED) is 0.465. The van der Waals surface area contributed by atoms with E-state index in [9.17, 15) is 27.9 Å².